The Hall–Kier alpha value is -2.20. The fraction of sp³-hybridized carbons (Fsp3) is 0.235. The van der Waals surface area contributed by atoms with Gasteiger partial charge in [-0.25, -0.2) is 4.79 Å². The van der Waals surface area contributed by atoms with Crippen LogP contribution in [0.3, 0.4) is 0 Å². The number of nitrogens with one attached hydrogen (secondary N) is 2. The quantitative estimate of drug-likeness (QED) is 0.855. The molecule has 0 unspecified atom stereocenters. The lowest BCUT2D eigenvalue weighted by Gasteiger charge is -2.11. The first-order valence-electron chi connectivity index (χ1n) is 7.09. The Morgan fingerprint density at radius 1 is 1.09 bits per heavy atom. The maximum absolute atomic E-state index is 11.8. The first kappa shape index (κ1) is 16.2. The van der Waals surface area contributed by atoms with E-state index in [2.05, 4.69) is 10.6 Å². The molecule has 2 rings (SSSR count). The third-order valence-corrected chi connectivity index (χ3v) is 3.10. The van der Waals surface area contributed by atoms with Crippen molar-refractivity contribution in [3.8, 4) is 5.75 Å². The van der Waals surface area contributed by atoms with Gasteiger partial charge in [0, 0.05) is 17.3 Å². The molecular formula is C17H19ClN2O2. The molecule has 116 valence electrons. The smallest absolute Gasteiger partial charge is 0.319 e. The summed E-state index contributed by atoms with van der Waals surface area (Å²) in [5.74, 6) is 0.823. The van der Waals surface area contributed by atoms with E-state index in [4.69, 9.17) is 16.3 Å². The highest BCUT2D eigenvalue weighted by Crippen LogP contribution is 2.14. The molecule has 2 N–H and O–H groups in total. The van der Waals surface area contributed by atoms with Crippen molar-refractivity contribution in [2.24, 2.45) is 0 Å². The van der Waals surface area contributed by atoms with Crippen molar-refractivity contribution in [3.05, 3.63) is 59.1 Å². The van der Waals surface area contributed by atoms with Crippen LogP contribution in [-0.4, -0.2) is 12.1 Å². The van der Waals surface area contributed by atoms with Gasteiger partial charge in [-0.1, -0.05) is 23.7 Å². The standard InChI is InChI=1S/C17H19ClN2O2/c1-12(2)22-16-9-3-13(4-10-16)11-19-17(21)20-15-7-5-14(18)6-8-15/h3-10,12H,11H2,1-2H3,(H2,19,20,21). The Kier molecular flexibility index (Phi) is 5.67. The van der Waals surface area contributed by atoms with E-state index in [9.17, 15) is 4.79 Å². The molecule has 2 aromatic rings. The molecule has 2 amide bonds. The van der Waals surface area contributed by atoms with E-state index in [0.29, 0.717) is 17.3 Å². The maximum Gasteiger partial charge on any atom is 0.319 e. The van der Waals surface area contributed by atoms with E-state index < -0.39 is 0 Å². The second-order valence-electron chi connectivity index (χ2n) is 5.13. The maximum atomic E-state index is 11.8. The van der Waals surface area contributed by atoms with Crippen molar-refractivity contribution >= 4 is 23.3 Å². The number of carbonyl (C=O) groups is 1. The van der Waals surface area contributed by atoms with Gasteiger partial charge in [0.15, 0.2) is 0 Å². The Morgan fingerprint density at radius 2 is 1.73 bits per heavy atom. The van der Waals surface area contributed by atoms with Gasteiger partial charge in [-0.2, -0.15) is 0 Å². The number of rotatable bonds is 5. The zero-order valence-electron chi connectivity index (χ0n) is 12.6. The Labute approximate surface area is 135 Å². The first-order valence-corrected chi connectivity index (χ1v) is 7.47. The van der Waals surface area contributed by atoms with E-state index >= 15 is 0 Å². The number of halogens is 1. The minimum absolute atomic E-state index is 0.147. The average molecular weight is 319 g/mol. The van der Waals surface area contributed by atoms with E-state index in [1.807, 2.05) is 38.1 Å². The highest BCUT2D eigenvalue weighted by atomic mass is 35.5. The summed E-state index contributed by atoms with van der Waals surface area (Å²) in [7, 11) is 0. The molecule has 0 atom stereocenters. The first-order chi connectivity index (χ1) is 10.5. The minimum Gasteiger partial charge on any atom is -0.491 e. The molecule has 0 bridgehead atoms. The van der Waals surface area contributed by atoms with E-state index in [0.717, 1.165) is 11.3 Å². The van der Waals surface area contributed by atoms with Gasteiger partial charge in [0.1, 0.15) is 5.75 Å². The second kappa shape index (κ2) is 7.71. The number of ether oxygens (including phenoxy) is 1. The van der Waals surface area contributed by atoms with Crippen molar-refractivity contribution in [1.29, 1.82) is 0 Å². The Bertz CT molecular complexity index is 610. The molecule has 0 aliphatic rings. The SMILES string of the molecule is CC(C)Oc1ccc(CNC(=O)Nc2ccc(Cl)cc2)cc1. The molecule has 4 nitrogen and oxygen atoms in total. The van der Waals surface area contributed by atoms with E-state index in [1.165, 1.54) is 0 Å². The molecule has 0 saturated carbocycles. The normalized spacial score (nSPS) is 10.4. The number of hydrogen-bond acceptors (Lipinski definition) is 2. The van der Waals surface area contributed by atoms with Gasteiger partial charge in [0.25, 0.3) is 0 Å². The van der Waals surface area contributed by atoms with Crippen molar-refractivity contribution in [2.75, 3.05) is 5.32 Å². The molecular weight excluding hydrogens is 300 g/mol. The zero-order valence-corrected chi connectivity index (χ0v) is 13.4. The van der Waals surface area contributed by atoms with Gasteiger partial charge < -0.3 is 15.4 Å². The van der Waals surface area contributed by atoms with Crippen LogP contribution < -0.4 is 15.4 Å². The summed E-state index contributed by atoms with van der Waals surface area (Å²) in [6.45, 7) is 4.41. The third kappa shape index (κ3) is 5.30. The summed E-state index contributed by atoms with van der Waals surface area (Å²) in [5.41, 5.74) is 1.70. The number of benzene rings is 2. The molecule has 0 aliphatic carbocycles. The lowest BCUT2D eigenvalue weighted by atomic mass is 10.2. The Morgan fingerprint density at radius 3 is 2.32 bits per heavy atom. The van der Waals surface area contributed by atoms with Crippen LogP contribution in [0.4, 0.5) is 10.5 Å². The number of urea groups is 1. The predicted molar refractivity (Wildman–Crippen MR) is 89.5 cm³/mol. The van der Waals surface area contributed by atoms with Crippen molar-refractivity contribution in [3.63, 3.8) is 0 Å². The van der Waals surface area contributed by atoms with Crippen molar-refractivity contribution < 1.29 is 9.53 Å². The number of hydrogen-bond donors (Lipinski definition) is 2. The summed E-state index contributed by atoms with van der Waals surface area (Å²) < 4.78 is 5.57. The van der Waals surface area contributed by atoms with Crippen molar-refractivity contribution in [2.45, 2.75) is 26.5 Å². The average Bonchev–Trinajstić information content (AvgIpc) is 2.48. The number of carbonyl (C=O) groups excluding carboxylic acids is 1. The third-order valence-electron chi connectivity index (χ3n) is 2.85. The summed E-state index contributed by atoms with van der Waals surface area (Å²) >= 11 is 5.80. The van der Waals surface area contributed by atoms with Crippen LogP contribution in [0.5, 0.6) is 5.75 Å². The molecule has 22 heavy (non-hydrogen) atoms. The molecule has 2 aromatic carbocycles. The van der Waals surface area contributed by atoms with Crippen LogP contribution >= 0.6 is 11.6 Å². The molecule has 0 radical (unpaired) electrons. The van der Waals surface area contributed by atoms with Crippen LogP contribution in [0.2, 0.25) is 5.02 Å². The second-order valence-corrected chi connectivity index (χ2v) is 5.56. The Balaban J connectivity index is 1.81. The topological polar surface area (TPSA) is 50.4 Å². The molecule has 0 aromatic heterocycles. The van der Waals surface area contributed by atoms with Gasteiger partial charge in [-0.15, -0.1) is 0 Å². The fourth-order valence-corrected chi connectivity index (χ4v) is 1.97. The molecule has 0 aliphatic heterocycles. The lowest BCUT2D eigenvalue weighted by molar-refractivity contribution is 0.242. The fourth-order valence-electron chi connectivity index (χ4n) is 1.85. The highest BCUT2D eigenvalue weighted by Gasteiger charge is 2.03. The van der Waals surface area contributed by atoms with Gasteiger partial charge in [0.05, 0.1) is 6.10 Å². The minimum atomic E-state index is -0.259. The summed E-state index contributed by atoms with van der Waals surface area (Å²) in [6, 6.07) is 14.3. The molecule has 0 fully saturated rings. The van der Waals surface area contributed by atoms with Gasteiger partial charge >= 0.3 is 6.03 Å². The van der Waals surface area contributed by atoms with Gasteiger partial charge in [-0.3, -0.25) is 0 Å². The molecule has 5 heteroatoms. The molecule has 0 heterocycles. The largest absolute Gasteiger partial charge is 0.491 e. The summed E-state index contributed by atoms with van der Waals surface area (Å²) in [5, 5.41) is 6.18. The van der Waals surface area contributed by atoms with Crippen LogP contribution in [0.1, 0.15) is 19.4 Å². The van der Waals surface area contributed by atoms with Gasteiger partial charge in [-0.05, 0) is 55.8 Å². The predicted octanol–water partition coefficient (Wildman–Crippen LogP) is 4.45. The molecule has 0 spiro atoms. The van der Waals surface area contributed by atoms with Crippen LogP contribution in [0, 0.1) is 0 Å². The monoisotopic (exact) mass is 318 g/mol. The lowest BCUT2D eigenvalue weighted by Crippen LogP contribution is -2.28. The van der Waals surface area contributed by atoms with Crippen LogP contribution in [-0.2, 0) is 6.54 Å². The summed E-state index contributed by atoms with van der Waals surface area (Å²) in [4.78, 5) is 11.8. The zero-order chi connectivity index (χ0) is 15.9. The van der Waals surface area contributed by atoms with Crippen LogP contribution in [0.25, 0.3) is 0 Å². The van der Waals surface area contributed by atoms with Crippen molar-refractivity contribution in [1.82, 2.24) is 5.32 Å². The number of anilines is 1. The summed E-state index contributed by atoms with van der Waals surface area (Å²) in [6.07, 6.45) is 0.147. The highest BCUT2D eigenvalue weighted by molar-refractivity contribution is 6.30. The number of amides is 2. The van der Waals surface area contributed by atoms with Crippen LogP contribution in [0.15, 0.2) is 48.5 Å². The van der Waals surface area contributed by atoms with E-state index in [-0.39, 0.29) is 12.1 Å². The van der Waals surface area contributed by atoms with E-state index in [1.54, 1.807) is 24.3 Å². The molecule has 0 saturated heterocycles. The van der Waals surface area contributed by atoms with Gasteiger partial charge in [0.2, 0.25) is 0 Å².